The van der Waals surface area contributed by atoms with Crippen molar-refractivity contribution >= 4 is 17.3 Å². The van der Waals surface area contributed by atoms with Gasteiger partial charge < -0.3 is 15.1 Å². The molecule has 0 bridgehead atoms. The summed E-state index contributed by atoms with van der Waals surface area (Å²) in [6.07, 6.45) is 4.69. The standard InChI is InChI=1S/C31H37N9O/c1-21-8-9-23(14-29(21)40-19-28(35-36-40)27-18-33-38(6)22(27)2)30(41)34-25-15-24(31(3,4)20-32)16-26(17-25)39-11-7-10-37(5)12-13-39/h8-9,14-19H,7,10-13H2,1-6H3,(H,34,41). The van der Waals surface area contributed by atoms with Crippen LogP contribution in [0.4, 0.5) is 11.4 Å². The van der Waals surface area contributed by atoms with Gasteiger partial charge in [0.1, 0.15) is 5.69 Å². The number of nitrogens with one attached hydrogen (secondary N) is 1. The molecule has 1 aliphatic rings. The zero-order valence-electron chi connectivity index (χ0n) is 24.6. The average molecular weight is 552 g/mol. The first-order valence-electron chi connectivity index (χ1n) is 13.9. The van der Waals surface area contributed by atoms with Crippen LogP contribution in [0.3, 0.4) is 0 Å². The number of hydrogen-bond donors (Lipinski definition) is 1. The molecule has 1 aliphatic heterocycles. The van der Waals surface area contributed by atoms with E-state index in [-0.39, 0.29) is 5.91 Å². The lowest BCUT2D eigenvalue weighted by molar-refractivity contribution is 0.102. The number of benzene rings is 2. The maximum absolute atomic E-state index is 13.5. The van der Waals surface area contributed by atoms with Crippen molar-refractivity contribution in [3.05, 3.63) is 71.2 Å². The summed E-state index contributed by atoms with van der Waals surface area (Å²) in [5.74, 6) is -0.233. The molecule has 0 unspecified atom stereocenters. The van der Waals surface area contributed by atoms with Crippen molar-refractivity contribution in [1.82, 2.24) is 29.7 Å². The molecule has 1 saturated heterocycles. The summed E-state index contributed by atoms with van der Waals surface area (Å²) in [4.78, 5) is 18.2. The molecule has 0 saturated carbocycles. The quantitative estimate of drug-likeness (QED) is 0.376. The Morgan fingerprint density at radius 3 is 2.59 bits per heavy atom. The average Bonchev–Trinajstić information content (AvgIpc) is 3.49. The first-order chi connectivity index (χ1) is 19.6. The lowest BCUT2D eigenvalue weighted by Crippen LogP contribution is -2.29. The number of carbonyl (C=O) groups is 1. The van der Waals surface area contributed by atoms with Gasteiger partial charge in [-0.05, 0) is 89.2 Å². The van der Waals surface area contributed by atoms with Crippen molar-refractivity contribution in [2.45, 2.75) is 39.5 Å². The molecule has 10 nitrogen and oxygen atoms in total. The molecular formula is C31H37N9O. The van der Waals surface area contributed by atoms with Gasteiger partial charge >= 0.3 is 0 Å². The number of nitrogens with zero attached hydrogens (tertiary/aromatic N) is 8. The van der Waals surface area contributed by atoms with Crippen molar-refractivity contribution < 1.29 is 4.79 Å². The Bertz CT molecular complexity index is 1620. The first-order valence-corrected chi connectivity index (χ1v) is 13.9. The van der Waals surface area contributed by atoms with Crippen molar-refractivity contribution in [2.75, 3.05) is 43.4 Å². The topological polar surface area (TPSA) is 108 Å². The second kappa shape index (κ2) is 11.2. The minimum Gasteiger partial charge on any atom is -0.370 e. The third kappa shape index (κ3) is 5.86. The molecule has 0 radical (unpaired) electrons. The number of hydrogen-bond acceptors (Lipinski definition) is 7. The highest BCUT2D eigenvalue weighted by Crippen LogP contribution is 2.31. The molecule has 5 rings (SSSR count). The van der Waals surface area contributed by atoms with Gasteiger partial charge in [0, 0.05) is 54.9 Å². The molecule has 10 heteroatoms. The van der Waals surface area contributed by atoms with Crippen molar-refractivity contribution in [3.63, 3.8) is 0 Å². The lowest BCUT2D eigenvalue weighted by Gasteiger charge is -2.26. The van der Waals surface area contributed by atoms with Crippen LogP contribution in [0.25, 0.3) is 16.9 Å². The molecule has 2 aromatic heterocycles. The Balaban J connectivity index is 1.44. The first kappa shape index (κ1) is 28.1. The molecular weight excluding hydrogens is 514 g/mol. The van der Waals surface area contributed by atoms with Crippen LogP contribution in [0.5, 0.6) is 0 Å². The molecule has 41 heavy (non-hydrogen) atoms. The Kier molecular flexibility index (Phi) is 7.65. The molecule has 2 aromatic carbocycles. The molecule has 0 aliphatic carbocycles. The van der Waals surface area contributed by atoms with Crippen LogP contribution in [-0.2, 0) is 12.5 Å². The number of rotatable bonds is 6. The number of carbonyl (C=O) groups excluding carboxylic acids is 1. The largest absolute Gasteiger partial charge is 0.370 e. The Morgan fingerprint density at radius 1 is 1.05 bits per heavy atom. The van der Waals surface area contributed by atoms with Crippen LogP contribution in [0.2, 0.25) is 0 Å². The molecule has 4 aromatic rings. The van der Waals surface area contributed by atoms with E-state index in [1.807, 2.05) is 71.3 Å². The third-order valence-corrected chi connectivity index (χ3v) is 7.98. The molecule has 3 heterocycles. The smallest absolute Gasteiger partial charge is 0.255 e. The fourth-order valence-electron chi connectivity index (χ4n) is 5.05. The van der Waals surface area contributed by atoms with Gasteiger partial charge in [0.25, 0.3) is 5.91 Å². The van der Waals surface area contributed by atoms with Crippen LogP contribution < -0.4 is 10.2 Å². The molecule has 1 amide bonds. The van der Waals surface area contributed by atoms with Gasteiger partial charge in [-0.3, -0.25) is 9.48 Å². The van der Waals surface area contributed by atoms with Gasteiger partial charge in [-0.25, -0.2) is 4.68 Å². The highest BCUT2D eigenvalue weighted by atomic mass is 16.1. The van der Waals surface area contributed by atoms with Gasteiger partial charge in [-0.2, -0.15) is 10.4 Å². The summed E-state index contributed by atoms with van der Waals surface area (Å²) in [6, 6.07) is 14.0. The number of aromatic nitrogens is 5. The van der Waals surface area contributed by atoms with Crippen molar-refractivity contribution in [1.29, 1.82) is 5.26 Å². The fraction of sp³-hybridized carbons (Fsp3) is 0.387. The second-order valence-corrected chi connectivity index (χ2v) is 11.4. The summed E-state index contributed by atoms with van der Waals surface area (Å²) < 4.78 is 3.49. The van der Waals surface area contributed by atoms with E-state index in [4.69, 9.17) is 0 Å². The predicted molar refractivity (Wildman–Crippen MR) is 160 cm³/mol. The molecule has 212 valence electrons. The van der Waals surface area contributed by atoms with Crippen LogP contribution in [0.1, 0.15) is 47.4 Å². The van der Waals surface area contributed by atoms with Crippen molar-refractivity contribution in [2.24, 2.45) is 7.05 Å². The highest BCUT2D eigenvalue weighted by molar-refractivity contribution is 6.05. The number of amides is 1. The Hall–Kier alpha value is -4.49. The third-order valence-electron chi connectivity index (χ3n) is 7.98. The van der Waals surface area contributed by atoms with Gasteiger partial charge in [-0.1, -0.05) is 11.3 Å². The molecule has 1 N–H and O–H groups in total. The lowest BCUT2D eigenvalue weighted by atomic mass is 9.85. The van der Waals surface area contributed by atoms with Gasteiger partial charge in [0.05, 0.1) is 29.6 Å². The normalized spacial score (nSPS) is 14.5. The summed E-state index contributed by atoms with van der Waals surface area (Å²) in [5.41, 5.74) is 6.72. The molecule has 0 atom stereocenters. The number of likely N-dealkylation sites (N-methyl/N-ethyl adjacent to an activating group) is 1. The van der Waals surface area contributed by atoms with Gasteiger partial charge in [0.2, 0.25) is 0 Å². The van der Waals surface area contributed by atoms with E-state index in [2.05, 4.69) is 49.7 Å². The predicted octanol–water partition coefficient (Wildman–Crippen LogP) is 4.48. The van der Waals surface area contributed by atoms with Crippen molar-refractivity contribution in [3.8, 4) is 23.0 Å². The van der Waals surface area contributed by atoms with Crippen LogP contribution in [-0.4, -0.2) is 68.8 Å². The molecule has 0 spiro atoms. The summed E-state index contributed by atoms with van der Waals surface area (Å²) in [5, 5.41) is 26.0. The van der Waals surface area contributed by atoms with Crippen LogP contribution >= 0.6 is 0 Å². The maximum Gasteiger partial charge on any atom is 0.255 e. The van der Waals surface area contributed by atoms with E-state index in [0.717, 1.165) is 66.4 Å². The van der Waals surface area contributed by atoms with E-state index < -0.39 is 5.41 Å². The Morgan fingerprint density at radius 2 is 1.85 bits per heavy atom. The zero-order chi connectivity index (χ0) is 29.3. The summed E-state index contributed by atoms with van der Waals surface area (Å²) in [7, 11) is 4.03. The maximum atomic E-state index is 13.5. The van der Waals surface area contributed by atoms with Crippen LogP contribution in [0, 0.1) is 25.2 Å². The van der Waals surface area contributed by atoms with E-state index >= 15 is 0 Å². The number of anilines is 2. The van der Waals surface area contributed by atoms with E-state index in [1.165, 1.54) is 0 Å². The SMILES string of the molecule is Cc1ccc(C(=O)Nc2cc(N3CCCN(C)CC3)cc(C(C)(C)C#N)c2)cc1-n1cc(-c2cnn(C)c2C)nn1. The van der Waals surface area contributed by atoms with E-state index in [0.29, 0.717) is 16.9 Å². The highest BCUT2D eigenvalue weighted by Gasteiger charge is 2.24. The zero-order valence-corrected chi connectivity index (χ0v) is 24.6. The molecule has 1 fully saturated rings. The Labute approximate surface area is 241 Å². The second-order valence-electron chi connectivity index (χ2n) is 11.4. The van der Waals surface area contributed by atoms with Gasteiger partial charge in [0.15, 0.2) is 0 Å². The van der Waals surface area contributed by atoms with E-state index in [9.17, 15) is 10.1 Å². The van der Waals surface area contributed by atoms with E-state index in [1.54, 1.807) is 15.6 Å². The van der Waals surface area contributed by atoms with Crippen LogP contribution in [0.15, 0.2) is 48.8 Å². The number of nitriles is 1. The summed E-state index contributed by atoms with van der Waals surface area (Å²) >= 11 is 0. The fourth-order valence-corrected chi connectivity index (χ4v) is 5.05. The number of aryl methyl sites for hydroxylation is 2. The monoisotopic (exact) mass is 551 g/mol. The minimum absolute atomic E-state index is 0.233. The van der Waals surface area contributed by atoms with Gasteiger partial charge in [-0.15, -0.1) is 5.10 Å². The minimum atomic E-state index is -0.702. The summed E-state index contributed by atoms with van der Waals surface area (Å²) in [6.45, 7) is 11.6.